The molecule has 4 aromatic rings. The second kappa shape index (κ2) is 12.4. The predicted octanol–water partition coefficient (Wildman–Crippen LogP) is 7.78. The van der Waals surface area contributed by atoms with Gasteiger partial charge >= 0.3 is 12.4 Å². The predicted molar refractivity (Wildman–Crippen MR) is 161 cm³/mol. The van der Waals surface area contributed by atoms with Gasteiger partial charge in [0, 0.05) is 22.3 Å². The van der Waals surface area contributed by atoms with Crippen LogP contribution >= 0.6 is 11.3 Å². The zero-order valence-corrected chi connectivity index (χ0v) is 25.3. The summed E-state index contributed by atoms with van der Waals surface area (Å²) in [5.41, 5.74) is -2.20. The van der Waals surface area contributed by atoms with Gasteiger partial charge in [-0.3, -0.25) is 14.5 Å². The number of anilines is 2. The highest BCUT2D eigenvalue weighted by molar-refractivity contribution is 7.21. The first-order chi connectivity index (χ1) is 22.2. The maximum atomic E-state index is 13.8. The van der Waals surface area contributed by atoms with Crippen LogP contribution < -0.4 is 15.4 Å². The summed E-state index contributed by atoms with van der Waals surface area (Å²) in [5, 5.41) is 4.98. The van der Waals surface area contributed by atoms with Gasteiger partial charge in [0.15, 0.2) is 0 Å². The summed E-state index contributed by atoms with van der Waals surface area (Å²) in [4.78, 5) is 29.3. The maximum Gasteiger partial charge on any atom is 0.419 e. The number of nitrogens with one attached hydrogen (secondary N) is 2. The molecule has 7 nitrogen and oxygen atoms in total. The SMILES string of the molecule is COc1ccc(C2CCN(C3COC3)C2)cc1C(=O)Nc1c(C(=O)Nc2ccc(F)c(C(F)(F)F)c2)sc2cc(C(F)(F)F)ccc12. The Morgan fingerprint density at radius 2 is 1.70 bits per heavy atom. The van der Waals surface area contributed by atoms with E-state index in [1.807, 2.05) is 6.07 Å². The summed E-state index contributed by atoms with van der Waals surface area (Å²) >= 11 is 0.606. The number of ether oxygens (including phenoxy) is 2. The number of nitrogens with zero attached hydrogens (tertiary/aromatic N) is 1. The standard InChI is InChI=1S/C32H26F7N3O4S/c1-45-25-7-2-16(17-8-9-42(13-17)20-14-46-15-20)10-22(25)29(43)41-27-21-5-3-18(31(34,35)36)11-26(21)47-28(27)30(44)40-19-4-6-24(33)23(12-19)32(37,38)39/h2-7,10-12,17,20H,8-9,13-15H2,1H3,(H,40,44)(H,41,43). The molecule has 2 saturated heterocycles. The van der Waals surface area contributed by atoms with Gasteiger partial charge in [0.05, 0.1) is 48.7 Å². The fourth-order valence-electron chi connectivity index (χ4n) is 5.73. The third-order valence-corrected chi connectivity index (χ3v) is 9.44. The monoisotopic (exact) mass is 681 g/mol. The maximum absolute atomic E-state index is 13.8. The Kier molecular flexibility index (Phi) is 8.65. The van der Waals surface area contributed by atoms with E-state index in [0.717, 1.165) is 49.3 Å². The van der Waals surface area contributed by atoms with E-state index in [9.17, 15) is 40.3 Å². The van der Waals surface area contributed by atoms with Crippen LogP contribution in [-0.2, 0) is 17.1 Å². The number of carbonyl (C=O) groups is 2. The van der Waals surface area contributed by atoms with Gasteiger partial charge in [-0.15, -0.1) is 11.3 Å². The van der Waals surface area contributed by atoms with Crippen LogP contribution in [0.5, 0.6) is 5.75 Å². The van der Waals surface area contributed by atoms with Gasteiger partial charge in [0.2, 0.25) is 0 Å². The van der Waals surface area contributed by atoms with Crippen molar-refractivity contribution in [2.75, 3.05) is 44.0 Å². The van der Waals surface area contributed by atoms with Crippen LogP contribution in [0.1, 0.15) is 49.1 Å². The zero-order valence-electron chi connectivity index (χ0n) is 24.5. The Morgan fingerprint density at radius 1 is 0.936 bits per heavy atom. The number of methoxy groups -OCH3 is 1. The fourth-order valence-corrected chi connectivity index (χ4v) is 6.82. The number of thiophene rings is 1. The molecule has 0 aliphatic carbocycles. The normalized spacial score (nSPS) is 17.5. The molecular weight excluding hydrogens is 655 g/mol. The topological polar surface area (TPSA) is 79.9 Å². The molecule has 2 amide bonds. The minimum absolute atomic E-state index is 0.0119. The molecule has 2 N–H and O–H groups in total. The number of alkyl halides is 6. The Bertz CT molecular complexity index is 1850. The molecule has 1 unspecified atom stereocenters. The third kappa shape index (κ3) is 6.64. The highest BCUT2D eigenvalue weighted by Crippen LogP contribution is 2.41. The highest BCUT2D eigenvalue weighted by atomic mass is 32.1. The molecule has 0 radical (unpaired) electrons. The number of carbonyl (C=O) groups excluding carboxylic acids is 2. The molecular formula is C32H26F7N3O4S. The number of hydrogen-bond acceptors (Lipinski definition) is 6. The molecule has 0 saturated carbocycles. The molecule has 47 heavy (non-hydrogen) atoms. The van der Waals surface area contributed by atoms with Gasteiger partial charge < -0.3 is 20.1 Å². The Labute approximate surface area is 267 Å². The quantitative estimate of drug-likeness (QED) is 0.195. The van der Waals surface area contributed by atoms with Crippen LogP contribution in [0.25, 0.3) is 10.1 Å². The van der Waals surface area contributed by atoms with Gasteiger partial charge in [0.25, 0.3) is 11.8 Å². The molecule has 2 fully saturated rings. The summed E-state index contributed by atoms with van der Waals surface area (Å²) < 4.78 is 105. The van der Waals surface area contributed by atoms with Crippen molar-refractivity contribution in [1.82, 2.24) is 4.90 Å². The number of halogens is 7. The molecule has 6 rings (SSSR count). The van der Waals surface area contributed by atoms with Crippen molar-refractivity contribution < 1.29 is 49.8 Å². The fraction of sp³-hybridized carbons (Fsp3) is 0.312. The van der Waals surface area contributed by atoms with Crippen molar-refractivity contribution in [1.29, 1.82) is 0 Å². The van der Waals surface area contributed by atoms with E-state index in [4.69, 9.17) is 9.47 Å². The summed E-state index contributed by atoms with van der Waals surface area (Å²) in [6, 6.07) is 10.1. The largest absolute Gasteiger partial charge is 0.496 e. The Balaban J connectivity index is 1.34. The highest BCUT2D eigenvalue weighted by Gasteiger charge is 2.36. The minimum Gasteiger partial charge on any atom is -0.496 e. The van der Waals surface area contributed by atoms with Crippen LogP contribution in [0.4, 0.5) is 42.1 Å². The first-order valence-corrected chi connectivity index (χ1v) is 15.2. The lowest BCUT2D eigenvalue weighted by Gasteiger charge is -2.34. The molecule has 3 aromatic carbocycles. The Hall–Kier alpha value is -4.21. The molecule has 0 spiro atoms. The zero-order chi connectivity index (χ0) is 33.7. The molecule has 1 aromatic heterocycles. The molecule has 15 heteroatoms. The minimum atomic E-state index is -5.05. The third-order valence-electron chi connectivity index (χ3n) is 8.29. The lowest BCUT2D eigenvalue weighted by Crippen LogP contribution is -2.47. The van der Waals surface area contributed by atoms with Gasteiger partial charge in [-0.25, -0.2) is 4.39 Å². The van der Waals surface area contributed by atoms with Crippen LogP contribution in [0.2, 0.25) is 0 Å². The smallest absolute Gasteiger partial charge is 0.419 e. The average Bonchev–Trinajstić information content (AvgIpc) is 3.61. The van der Waals surface area contributed by atoms with Crippen LogP contribution in [0, 0.1) is 5.82 Å². The van der Waals surface area contributed by atoms with E-state index in [1.165, 1.54) is 7.11 Å². The number of likely N-dealkylation sites (tertiary alicyclic amines) is 1. The molecule has 248 valence electrons. The van der Waals surface area contributed by atoms with Gasteiger partial charge in [0.1, 0.15) is 16.4 Å². The molecule has 0 bridgehead atoms. The van der Waals surface area contributed by atoms with Crippen LogP contribution in [0.15, 0.2) is 54.6 Å². The van der Waals surface area contributed by atoms with Crippen molar-refractivity contribution in [3.8, 4) is 5.75 Å². The van der Waals surface area contributed by atoms with Crippen molar-refractivity contribution in [2.24, 2.45) is 0 Å². The van der Waals surface area contributed by atoms with Crippen molar-refractivity contribution in [2.45, 2.75) is 30.7 Å². The Morgan fingerprint density at radius 3 is 2.36 bits per heavy atom. The molecule has 1 atom stereocenters. The van der Waals surface area contributed by atoms with Crippen LogP contribution in [0.3, 0.4) is 0 Å². The van der Waals surface area contributed by atoms with Gasteiger partial charge in [-0.05, 0) is 66.9 Å². The second-order valence-electron chi connectivity index (χ2n) is 11.2. The van der Waals surface area contributed by atoms with E-state index in [-0.39, 0.29) is 37.9 Å². The van der Waals surface area contributed by atoms with Crippen molar-refractivity contribution in [3.05, 3.63) is 87.5 Å². The van der Waals surface area contributed by atoms with Gasteiger partial charge in [-0.2, -0.15) is 26.3 Å². The summed E-state index contributed by atoms with van der Waals surface area (Å²) in [5.74, 6) is -2.97. The first kappa shape index (κ1) is 32.7. The van der Waals surface area contributed by atoms with Crippen LogP contribution in [-0.4, -0.2) is 56.2 Å². The lowest BCUT2D eigenvalue weighted by atomic mass is 9.95. The summed E-state index contributed by atoms with van der Waals surface area (Å²) in [7, 11) is 1.37. The lowest BCUT2D eigenvalue weighted by molar-refractivity contribution is -0.140. The second-order valence-corrected chi connectivity index (χ2v) is 12.3. The average molecular weight is 682 g/mol. The molecule has 2 aliphatic heterocycles. The number of fused-ring (bicyclic) bond motifs is 1. The number of rotatable bonds is 7. The van der Waals surface area contributed by atoms with E-state index < -0.39 is 46.8 Å². The number of amides is 2. The van der Waals surface area contributed by atoms with Crippen molar-refractivity contribution in [3.63, 3.8) is 0 Å². The molecule has 3 heterocycles. The van der Waals surface area contributed by atoms with Gasteiger partial charge in [-0.1, -0.05) is 12.1 Å². The summed E-state index contributed by atoms with van der Waals surface area (Å²) in [6.07, 6.45) is -8.91. The first-order valence-electron chi connectivity index (χ1n) is 14.4. The van der Waals surface area contributed by atoms with Crippen molar-refractivity contribution >= 4 is 44.6 Å². The van der Waals surface area contributed by atoms with E-state index in [2.05, 4.69) is 15.5 Å². The van der Waals surface area contributed by atoms with E-state index >= 15 is 0 Å². The summed E-state index contributed by atoms with van der Waals surface area (Å²) in [6.45, 7) is 2.97. The number of benzene rings is 3. The van der Waals surface area contributed by atoms with E-state index in [0.29, 0.717) is 42.7 Å². The number of hydrogen-bond donors (Lipinski definition) is 2. The molecule has 2 aliphatic rings. The van der Waals surface area contributed by atoms with E-state index in [1.54, 1.807) is 12.1 Å².